The Morgan fingerprint density at radius 3 is 3.00 bits per heavy atom. The lowest BCUT2D eigenvalue weighted by atomic mass is 10.1. The third kappa shape index (κ3) is 2.48. The maximum Gasteiger partial charge on any atom is 0.139 e. The van der Waals surface area contributed by atoms with E-state index in [0.29, 0.717) is 10.5 Å². The molecule has 1 heterocycles. The Kier molecular flexibility index (Phi) is 3.69. The molecule has 0 saturated carbocycles. The van der Waals surface area contributed by atoms with Crippen molar-refractivity contribution in [2.75, 3.05) is 17.2 Å². The Morgan fingerprint density at radius 1 is 1.44 bits per heavy atom. The molecule has 4 heteroatoms. The van der Waals surface area contributed by atoms with Crippen LogP contribution in [-0.4, -0.2) is 12.6 Å². The number of anilines is 2. The molecule has 2 nitrogen and oxygen atoms in total. The summed E-state index contributed by atoms with van der Waals surface area (Å²) in [6.07, 6.45) is 3.52. The fourth-order valence-corrected chi connectivity index (χ4v) is 2.28. The fraction of sp³-hybridized carbons (Fsp3) is 0.500. The molecule has 0 amide bonds. The number of rotatable bonds is 3. The zero-order valence-corrected chi connectivity index (χ0v) is 10.9. The maximum atomic E-state index is 13.4. The minimum atomic E-state index is -0.218. The molecule has 0 radical (unpaired) electrons. The van der Waals surface area contributed by atoms with Crippen LogP contribution in [0.15, 0.2) is 16.6 Å². The first-order valence-electron chi connectivity index (χ1n) is 5.70. The van der Waals surface area contributed by atoms with Gasteiger partial charge in [0, 0.05) is 18.7 Å². The van der Waals surface area contributed by atoms with Crippen LogP contribution in [0.1, 0.15) is 26.2 Å². The highest BCUT2D eigenvalue weighted by atomic mass is 79.9. The Morgan fingerprint density at radius 2 is 2.25 bits per heavy atom. The van der Waals surface area contributed by atoms with Crippen molar-refractivity contribution < 1.29 is 4.39 Å². The van der Waals surface area contributed by atoms with E-state index in [2.05, 4.69) is 33.5 Å². The van der Waals surface area contributed by atoms with E-state index < -0.39 is 0 Å². The number of fused-ring (bicyclic) bond motifs is 1. The van der Waals surface area contributed by atoms with Gasteiger partial charge in [0.25, 0.3) is 0 Å². The summed E-state index contributed by atoms with van der Waals surface area (Å²) in [6.45, 7) is 3.09. The summed E-state index contributed by atoms with van der Waals surface area (Å²) < 4.78 is 13.9. The highest BCUT2D eigenvalue weighted by Gasteiger charge is 2.18. The normalized spacial score (nSPS) is 18.6. The molecule has 1 unspecified atom stereocenters. The van der Waals surface area contributed by atoms with E-state index in [9.17, 15) is 4.39 Å². The highest BCUT2D eigenvalue weighted by Crippen LogP contribution is 2.32. The summed E-state index contributed by atoms with van der Waals surface area (Å²) in [4.78, 5) is 0. The highest BCUT2D eigenvalue weighted by molar-refractivity contribution is 9.10. The van der Waals surface area contributed by atoms with Gasteiger partial charge in [0.1, 0.15) is 5.82 Å². The molecule has 0 fully saturated rings. The van der Waals surface area contributed by atoms with E-state index in [1.54, 1.807) is 12.1 Å². The minimum Gasteiger partial charge on any atom is -0.381 e. The first-order chi connectivity index (χ1) is 7.70. The van der Waals surface area contributed by atoms with E-state index in [1.165, 1.54) is 12.8 Å². The summed E-state index contributed by atoms with van der Waals surface area (Å²) >= 11 is 3.19. The molecule has 1 aromatic carbocycles. The molecule has 0 bridgehead atoms. The van der Waals surface area contributed by atoms with Crippen LogP contribution < -0.4 is 10.6 Å². The number of benzene rings is 1. The molecule has 16 heavy (non-hydrogen) atoms. The molecule has 2 rings (SSSR count). The largest absolute Gasteiger partial charge is 0.381 e. The van der Waals surface area contributed by atoms with E-state index in [0.717, 1.165) is 24.3 Å². The van der Waals surface area contributed by atoms with Crippen molar-refractivity contribution in [2.45, 2.75) is 32.2 Å². The number of hydrogen-bond acceptors (Lipinski definition) is 2. The van der Waals surface area contributed by atoms with E-state index in [4.69, 9.17) is 0 Å². The van der Waals surface area contributed by atoms with Gasteiger partial charge in [0.15, 0.2) is 0 Å². The van der Waals surface area contributed by atoms with Gasteiger partial charge in [-0.2, -0.15) is 0 Å². The minimum absolute atomic E-state index is 0.218. The monoisotopic (exact) mass is 286 g/mol. The SMILES string of the molecule is CCCCC1CNc2cc(Br)c(F)cc2N1. The van der Waals surface area contributed by atoms with Crippen LogP contribution in [0.2, 0.25) is 0 Å². The number of halogens is 2. The van der Waals surface area contributed by atoms with Crippen molar-refractivity contribution in [3.05, 3.63) is 22.4 Å². The molecule has 0 aliphatic carbocycles. The van der Waals surface area contributed by atoms with Crippen LogP contribution in [0.5, 0.6) is 0 Å². The second kappa shape index (κ2) is 5.04. The van der Waals surface area contributed by atoms with E-state index in [-0.39, 0.29) is 5.82 Å². The molecule has 0 aromatic heterocycles. The number of hydrogen-bond donors (Lipinski definition) is 2. The van der Waals surface area contributed by atoms with Gasteiger partial charge in [0.05, 0.1) is 15.8 Å². The van der Waals surface area contributed by atoms with Crippen molar-refractivity contribution in [1.82, 2.24) is 0 Å². The van der Waals surface area contributed by atoms with Gasteiger partial charge in [-0.3, -0.25) is 0 Å². The predicted molar refractivity (Wildman–Crippen MR) is 69.5 cm³/mol. The van der Waals surface area contributed by atoms with Gasteiger partial charge in [-0.25, -0.2) is 4.39 Å². The molecule has 1 atom stereocenters. The first kappa shape index (κ1) is 11.7. The van der Waals surface area contributed by atoms with Crippen molar-refractivity contribution in [3.8, 4) is 0 Å². The van der Waals surface area contributed by atoms with Gasteiger partial charge in [-0.05, 0) is 28.4 Å². The standard InChI is InChI=1S/C12H16BrFN2/c1-2-3-4-8-7-15-11-5-9(13)10(14)6-12(11)16-8/h5-6,8,15-16H,2-4,7H2,1H3. The quantitative estimate of drug-likeness (QED) is 0.878. The summed E-state index contributed by atoms with van der Waals surface area (Å²) in [7, 11) is 0. The van der Waals surface area contributed by atoms with Crippen LogP contribution in [0.3, 0.4) is 0 Å². The van der Waals surface area contributed by atoms with Crippen LogP contribution >= 0.6 is 15.9 Å². The van der Waals surface area contributed by atoms with Gasteiger partial charge in [-0.1, -0.05) is 19.8 Å². The lowest BCUT2D eigenvalue weighted by Crippen LogP contribution is -2.32. The number of nitrogens with one attached hydrogen (secondary N) is 2. The van der Waals surface area contributed by atoms with Crippen LogP contribution in [0, 0.1) is 5.82 Å². The maximum absolute atomic E-state index is 13.4. The lowest BCUT2D eigenvalue weighted by molar-refractivity contribution is 0.608. The molecule has 0 spiro atoms. The van der Waals surface area contributed by atoms with E-state index in [1.807, 2.05) is 0 Å². The second-order valence-electron chi connectivity index (χ2n) is 4.18. The summed E-state index contributed by atoms with van der Waals surface area (Å²) in [5.74, 6) is -0.218. The smallest absolute Gasteiger partial charge is 0.139 e. The van der Waals surface area contributed by atoms with Crippen LogP contribution in [0.25, 0.3) is 0 Å². The molecule has 1 aliphatic heterocycles. The fourth-order valence-electron chi connectivity index (χ4n) is 1.94. The third-order valence-electron chi connectivity index (χ3n) is 2.87. The average Bonchev–Trinajstić information content (AvgIpc) is 2.28. The van der Waals surface area contributed by atoms with Crippen LogP contribution in [-0.2, 0) is 0 Å². The third-order valence-corrected chi connectivity index (χ3v) is 3.47. The lowest BCUT2D eigenvalue weighted by Gasteiger charge is -2.28. The Hall–Kier alpha value is -0.770. The van der Waals surface area contributed by atoms with Gasteiger partial charge >= 0.3 is 0 Å². The Labute approximate surface area is 104 Å². The molecule has 88 valence electrons. The first-order valence-corrected chi connectivity index (χ1v) is 6.49. The Bertz CT molecular complexity index is 382. The average molecular weight is 287 g/mol. The summed E-state index contributed by atoms with van der Waals surface area (Å²) in [5, 5.41) is 6.71. The van der Waals surface area contributed by atoms with Crippen molar-refractivity contribution in [3.63, 3.8) is 0 Å². The molecule has 2 N–H and O–H groups in total. The predicted octanol–water partition coefficient (Wildman–Crippen LogP) is 3.98. The van der Waals surface area contributed by atoms with Crippen molar-refractivity contribution in [2.24, 2.45) is 0 Å². The van der Waals surface area contributed by atoms with Gasteiger partial charge < -0.3 is 10.6 Å². The summed E-state index contributed by atoms with van der Waals surface area (Å²) in [5.41, 5.74) is 1.84. The summed E-state index contributed by atoms with van der Waals surface area (Å²) in [6, 6.07) is 3.74. The van der Waals surface area contributed by atoms with Gasteiger partial charge in [-0.15, -0.1) is 0 Å². The van der Waals surface area contributed by atoms with Gasteiger partial charge in [0.2, 0.25) is 0 Å². The zero-order chi connectivity index (χ0) is 11.5. The molecule has 0 saturated heterocycles. The molecule has 1 aliphatic rings. The van der Waals surface area contributed by atoms with E-state index >= 15 is 0 Å². The second-order valence-corrected chi connectivity index (χ2v) is 5.03. The topological polar surface area (TPSA) is 24.1 Å². The zero-order valence-electron chi connectivity index (χ0n) is 9.32. The van der Waals surface area contributed by atoms with Crippen molar-refractivity contribution in [1.29, 1.82) is 0 Å². The molecular formula is C12H16BrFN2. The molecule has 1 aromatic rings. The molecular weight excluding hydrogens is 271 g/mol. The Balaban J connectivity index is 2.11. The van der Waals surface area contributed by atoms with Crippen molar-refractivity contribution >= 4 is 27.3 Å². The van der Waals surface area contributed by atoms with Crippen LogP contribution in [0.4, 0.5) is 15.8 Å². The number of unbranched alkanes of at least 4 members (excludes halogenated alkanes) is 1.